The number of carbonyl (C=O) groups is 2. The van der Waals surface area contributed by atoms with Crippen LogP contribution in [0.15, 0.2) is 0 Å². The van der Waals surface area contributed by atoms with E-state index in [1.54, 1.807) is 21.6 Å². The lowest BCUT2D eigenvalue weighted by Crippen LogP contribution is -2.14. The molecule has 0 aliphatic carbocycles. The van der Waals surface area contributed by atoms with Gasteiger partial charge in [0.15, 0.2) is 0 Å². The second-order valence-corrected chi connectivity index (χ2v) is 4.84. The molecule has 0 aliphatic heterocycles. The van der Waals surface area contributed by atoms with Gasteiger partial charge < -0.3 is 10.6 Å². The van der Waals surface area contributed by atoms with E-state index in [2.05, 4.69) is 10.6 Å². The maximum absolute atomic E-state index is 9.85. The van der Waals surface area contributed by atoms with E-state index in [-0.39, 0.29) is 0 Å². The summed E-state index contributed by atoms with van der Waals surface area (Å²) in [6, 6.07) is 0. The Bertz CT molecular complexity index is 122. The molecule has 0 atom stereocenters. The van der Waals surface area contributed by atoms with Crippen molar-refractivity contribution in [3.05, 3.63) is 0 Å². The fraction of sp³-hybridized carbons (Fsp3) is 0.714. The van der Waals surface area contributed by atoms with Crippen molar-refractivity contribution in [2.75, 3.05) is 24.6 Å². The molecule has 0 aliphatic rings. The van der Waals surface area contributed by atoms with Gasteiger partial charge >= 0.3 is 0 Å². The van der Waals surface area contributed by atoms with Crippen molar-refractivity contribution >= 4 is 34.4 Å². The van der Waals surface area contributed by atoms with Crippen molar-refractivity contribution in [2.24, 2.45) is 0 Å². The van der Waals surface area contributed by atoms with E-state index < -0.39 is 0 Å². The van der Waals surface area contributed by atoms with Crippen LogP contribution < -0.4 is 10.6 Å². The van der Waals surface area contributed by atoms with Gasteiger partial charge in [0.05, 0.1) is 0 Å². The first-order valence-corrected chi connectivity index (χ1v) is 6.49. The monoisotopic (exact) mass is 222 g/mol. The highest BCUT2D eigenvalue weighted by Crippen LogP contribution is 2.20. The highest BCUT2D eigenvalue weighted by atomic mass is 33.1. The molecular formula is C7H14N2O2S2. The molecule has 0 aromatic rings. The maximum atomic E-state index is 9.85. The fourth-order valence-electron chi connectivity index (χ4n) is 0.569. The zero-order valence-electron chi connectivity index (χ0n) is 7.32. The summed E-state index contributed by atoms with van der Waals surface area (Å²) in [6.07, 6.45) is 2.41. The van der Waals surface area contributed by atoms with Gasteiger partial charge in [-0.2, -0.15) is 0 Å². The van der Waals surface area contributed by atoms with Crippen LogP contribution in [0.1, 0.15) is 6.42 Å². The van der Waals surface area contributed by atoms with Gasteiger partial charge in [-0.3, -0.25) is 9.59 Å². The van der Waals surface area contributed by atoms with Gasteiger partial charge in [-0.1, -0.05) is 21.6 Å². The average Bonchev–Trinajstić information content (AvgIpc) is 2.16. The molecule has 0 fully saturated rings. The van der Waals surface area contributed by atoms with E-state index in [4.69, 9.17) is 0 Å². The third kappa shape index (κ3) is 11.6. The molecular weight excluding hydrogens is 208 g/mol. The fourth-order valence-corrected chi connectivity index (χ4v) is 2.58. The molecule has 0 radical (unpaired) electrons. The first kappa shape index (κ1) is 12.6. The van der Waals surface area contributed by atoms with E-state index in [1.807, 2.05) is 0 Å². The number of hydrogen-bond acceptors (Lipinski definition) is 4. The van der Waals surface area contributed by atoms with Crippen LogP contribution in [0.3, 0.4) is 0 Å². The summed E-state index contributed by atoms with van der Waals surface area (Å²) in [4.78, 5) is 19.7. The van der Waals surface area contributed by atoms with Crippen molar-refractivity contribution < 1.29 is 9.59 Å². The molecule has 0 heterocycles. The maximum Gasteiger partial charge on any atom is 0.207 e. The van der Waals surface area contributed by atoms with E-state index in [1.165, 1.54) is 0 Å². The lowest BCUT2D eigenvalue weighted by molar-refractivity contribution is -0.110. The first-order chi connectivity index (χ1) is 6.41. The Morgan fingerprint density at radius 2 is 1.54 bits per heavy atom. The summed E-state index contributed by atoms with van der Waals surface area (Å²) in [5.41, 5.74) is 0. The molecule has 0 bridgehead atoms. The van der Waals surface area contributed by atoms with Crippen LogP contribution in [0.25, 0.3) is 0 Å². The lowest BCUT2D eigenvalue weighted by Gasteiger charge is -2.00. The standard InChI is InChI=1S/C7H14N2O2S2/c10-6-8-2-1-4-12-13-5-3-9-7-11/h6-7H,1-5H2,(H,8,10)(H,9,11). The third-order valence-electron chi connectivity index (χ3n) is 1.13. The van der Waals surface area contributed by atoms with Crippen LogP contribution in [0.4, 0.5) is 0 Å². The summed E-state index contributed by atoms with van der Waals surface area (Å²) < 4.78 is 0. The van der Waals surface area contributed by atoms with E-state index in [0.717, 1.165) is 24.5 Å². The Labute approximate surface area is 86.0 Å². The zero-order chi connectivity index (χ0) is 9.78. The minimum Gasteiger partial charge on any atom is -0.359 e. The molecule has 76 valence electrons. The molecule has 2 amide bonds. The van der Waals surface area contributed by atoms with Gasteiger partial charge in [0.2, 0.25) is 12.8 Å². The summed E-state index contributed by atoms with van der Waals surface area (Å²) in [6.45, 7) is 1.46. The second kappa shape index (κ2) is 11.6. The van der Waals surface area contributed by atoms with Crippen LogP contribution in [-0.2, 0) is 9.59 Å². The smallest absolute Gasteiger partial charge is 0.207 e. The van der Waals surface area contributed by atoms with Crippen molar-refractivity contribution in [3.63, 3.8) is 0 Å². The van der Waals surface area contributed by atoms with Crippen LogP contribution in [0, 0.1) is 0 Å². The van der Waals surface area contributed by atoms with Crippen molar-refractivity contribution in [2.45, 2.75) is 6.42 Å². The summed E-state index contributed by atoms with van der Waals surface area (Å²) >= 11 is 0. The van der Waals surface area contributed by atoms with E-state index >= 15 is 0 Å². The average molecular weight is 222 g/mol. The van der Waals surface area contributed by atoms with Crippen LogP contribution in [0.5, 0.6) is 0 Å². The Morgan fingerprint density at radius 3 is 2.23 bits per heavy atom. The number of carbonyl (C=O) groups excluding carboxylic acids is 2. The minimum atomic E-state index is 0.708. The quantitative estimate of drug-likeness (QED) is 0.316. The van der Waals surface area contributed by atoms with Crippen LogP contribution in [0.2, 0.25) is 0 Å². The molecule has 6 heteroatoms. The number of rotatable bonds is 10. The molecule has 0 saturated carbocycles. The number of amides is 2. The minimum absolute atomic E-state index is 0.708. The molecule has 2 N–H and O–H groups in total. The molecule has 0 spiro atoms. The second-order valence-electron chi connectivity index (χ2n) is 2.14. The zero-order valence-corrected chi connectivity index (χ0v) is 8.96. The predicted octanol–water partition coefficient (Wildman–Crippen LogP) is 0.250. The molecule has 4 nitrogen and oxygen atoms in total. The molecule has 0 saturated heterocycles. The van der Waals surface area contributed by atoms with Crippen LogP contribution >= 0.6 is 21.6 Å². The van der Waals surface area contributed by atoms with Gasteiger partial charge in [-0.25, -0.2) is 0 Å². The Balaban J connectivity index is 2.83. The Morgan fingerprint density at radius 1 is 0.923 bits per heavy atom. The molecule has 0 unspecified atom stereocenters. The summed E-state index contributed by atoms with van der Waals surface area (Å²) in [7, 11) is 3.49. The number of hydrogen-bond donors (Lipinski definition) is 2. The summed E-state index contributed by atoms with van der Waals surface area (Å²) in [5.74, 6) is 1.94. The topological polar surface area (TPSA) is 58.2 Å². The van der Waals surface area contributed by atoms with Gasteiger partial charge in [-0.15, -0.1) is 0 Å². The highest BCUT2D eigenvalue weighted by molar-refractivity contribution is 8.76. The van der Waals surface area contributed by atoms with Crippen LogP contribution in [-0.4, -0.2) is 37.4 Å². The Kier molecular flexibility index (Phi) is 11.3. The molecule has 13 heavy (non-hydrogen) atoms. The van der Waals surface area contributed by atoms with E-state index in [0.29, 0.717) is 19.4 Å². The highest BCUT2D eigenvalue weighted by Gasteiger charge is 1.90. The van der Waals surface area contributed by atoms with Crippen molar-refractivity contribution in [1.82, 2.24) is 10.6 Å². The van der Waals surface area contributed by atoms with Crippen molar-refractivity contribution in [1.29, 1.82) is 0 Å². The van der Waals surface area contributed by atoms with Gasteiger partial charge in [0, 0.05) is 24.6 Å². The lowest BCUT2D eigenvalue weighted by atomic mass is 10.5. The molecule has 0 aromatic heterocycles. The number of nitrogens with one attached hydrogen (secondary N) is 2. The van der Waals surface area contributed by atoms with E-state index in [9.17, 15) is 9.59 Å². The molecule has 0 aromatic carbocycles. The van der Waals surface area contributed by atoms with Gasteiger partial charge in [-0.05, 0) is 6.42 Å². The predicted molar refractivity (Wildman–Crippen MR) is 57.7 cm³/mol. The van der Waals surface area contributed by atoms with Gasteiger partial charge in [0.1, 0.15) is 0 Å². The first-order valence-electron chi connectivity index (χ1n) is 4.00. The SMILES string of the molecule is O=CNCCCSSCCNC=O. The Hall–Kier alpha value is -0.360. The summed E-state index contributed by atoms with van der Waals surface area (Å²) in [5, 5.41) is 5.18. The third-order valence-corrected chi connectivity index (χ3v) is 3.62. The van der Waals surface area contributed by atoms with Crippen molar-refractivity contribution in [3.8, 4) is 0 Å². The normalized spacial score (nSPS) is 9.23. The van der Waals surface area contributed by atoms with Gasteiger partial charge in [0.25, 0.3) is 0 Å². The largest absolute Gasteiger partial charge is 0.359 e. The molecule has 0 rings (SSSR count).